The summed E-state index contributed by atoms with van der Waals surface area (Å²) in [6, 6.07) is 8.24. The lowest BCUT2D eigenvalue weighted by atomic mass is 10.0. The van der Waals surface area contributed by atoms with Gasteiger partial charge in [-0.3, -0.25) is 14.5 Å². The summed E-state index contributed by atoms with van der Waals surface area (Å²) in [4.78, 5) is 30.5. The number of hydrogen-bond acceptors (Lipinski definition) is 7. The number of aromatic amines is 1. The molecule has 0 saturated heterocycles. The summed E-state index contributed by atoms with van der Waals surface area (Å²) < 4.78 is 6.62. The molecule has 4 rings (SSSR count). The summed E-state index contributed by atoms with van der Waals surface area (Å²) in [5.74, 6) is 0.264. The number of nitrogens with one attached hydrogen (secondary N) is 1. The maximum atomic E-state index is 13.0. The van der Waals surface area contributed by atoms with E-state index in [1.54, 1.807) is 6.92 Å². The molecule has 2 heterocycles. The van der Waals surface area contributed by atoms with Crippen LogP contribution in [0.5, 0.6) is 0 Å². The van der Waals surface area contributed by atoms with E-state index in [1.807, 2.05) is 31.2 Å². The van der Waals surface area contributed by atoms with E-state index in [4.69, 9.17) is 4.74 Å². The van der Waals surface area contributed by atoms with Crippen LogP contribution in [0.3, 0.4) is 0 Å². The molecule has 9 heteroatoms. The normalized spacial score (nSPS) is 15.4. The Bertz CT molecular complexity index is 1160. The fourth-order valence-electron chi connectivity index (χ4n) is 4.93. The molecule has 2 aromatic heterocycles. The first-order valence-corrected chi connectivity index (χ1v) is 11.8. The van der Waals surface area contributed by atoms with Crippen molar-refractivity contribution in [2.45, 2.75) is 78.0 Å². The van der Waals surface area contributed by atoms with Gasteiger partial charge in [0.15, 0.2) is 5.82 Å². The number of fused-ring (bicyclic) bond motifs is 1. The van der Waals surface area contributed by atoms with Crippen LogP contribution in [-0.2, 0) is 22.6 Å². The highest BCUT2D eigenvalue weighted by molar-refractivity contribution is 5.81. The minimum Gasteiger partial charge on any atom is -0.465 e. The third-order valence-electron chi connectivity index (χ3n) is 6.54. The number of H-pyrrole nitrogens is 1. The predicted octanol–water partition coefficient (Wildman–Crippen LogP) is 3.28. The van der Waals surface area contributed by atoms with Crippen LogP contribution in [0.25, 0.3) is 10.9 Å². The van der Waals surface area contributed by atoms with Crippen LogP contribution in [0.15, 0.2) is 29.1 Å². The zero-order chi connectivity index (χ0) is 23.4. The molecular weight excluding hydrogens is 420 g/mol. The average Bonchev–Trinajstić information content (AvgIpc) is 3.48. The number of aryl methyl sites for hydroxylation is 1. The lowest BCUT2D eigenvalue weighted by Crippen LogP contribution is -2.39. The maximum absolute atomic E-state index is 13.0. The second kappa shape index (κ2) is 10.2. The molecule has 0 amide bonds. The molecule has 1 atom stereocenters. The smallest absolute Gasteiger partial charge is 0.327 e. The van der Waals surface area contributed by atoms with Gasteiger partial charge >= 0.3 is 5.97 Å². The summed E-state index contributed by atoms with van der Waals surface area (Å²) >= 11 is 0. The van der Waals surface area contributed by atoms with E-state index in [2.05, 4.69) is 32.3 Å². The minimum atomic E-state index is -0.366. The summed E-state index contributed by atoms with van der Waals surface area (Å²) in [5.41, 5.74) is 2.58. The van der Waals surface area contributed by atoms with Crippen LogP contribution in [-0.4, -0.2) is 48.7 Å². The van der Waals surface area contributed by atoms with E-state index in [0.717, 1.165) is 41.3 Å². The molecule has 9 nitrogen and oxygen atoms in total. The molecule has 176 valence electrons. The van der Waals surface area contributed by atoms with Gasteiger partial charge in [0.25, 0.3) is 5.56 Å². The van der Waals surface area contributed by atoms with Crippen molar-refractivity contribution in [2.75, 3.05) is 6.61 Å². The van der Waals surface area contributed by atoms with E-state index in [9.17, 15) is 9.59 Å². The highest BCUT2D eigenvalue weighted by Gasteiger charge is 2.33. The van der Waals surface area contributed by atoms with Crippen molar-refractivity contribution < 1.29 is 9.53 Å². The molecule has 1 aliphatic rings. The number of carbonyl (C=O) groups excluding carboxylic acids is 1. The van der Waals surface area contributed by atoms with Crippen LogP contribution >= 0.6 is 0 Å². The van der Waals surface area contributed by atoms with Gasteiger partial charge in [0.2, 0.25) is 0 Å². The van der Waals surface area contributed by atoms with Gasteiger partial charge in [-0.25, -0.2) is 4.68 Å². The minimum absolute atomic E-state index is 0.0268. The Morgan fingerprint density at radius 2 is 2.09 bits per heavy atom. The first-order valence-electron chi connectivity index (χ1n) is 11.8. The first kappa shape index (κ1) is 23.1. The Hall–Kier alpha value is -3.07. The molecule has 1 saturated carbocycles. The SMILES string of the molecule is CCOC(=O)Cn1nnnc1C(CC)N(Cc1cc2cccc(C)c2[nH]c1=O)C1CCCC1. The van der Waals surface area contributed by atoms with Crippen molar-refractivity contribution in [3.63, 3.8) is 0 Å². The summed E-state index contributed by atoms with van der Waals surface area (Å²) in [6.07, 6.45) is 5.22. The van der Waals surface area contributed by atoms with E-state index in [-0.39, 0.29) is 24.1 Å². The summed E-state index contributed by atoms with van der Waals surface area (Å²) in [5, 5.41) is 13.2. The first-order chi connectivity index (χ1) is 16.0. The zero-order valence-electron chi connectivity index (χ0n) is 19.6. The number of hydrogen-bond donors (Lipinski definition) is 1. The van der Waals surface area contributed by atoms with Gasteiger partial charge in [-0.15, -0.1) is 5.10 Å². The maximum Gasteiger partial charge on any atom is 0.327 e. The van der Waals surface area contributed by atoms with Gasteiger partial charge in [-0.05, 0) is 60.6 Å². The highest BCUT2D eigenvalue weighted by Crippen LogP contribution is 2.33. The Labute approximate surface area is 193 Å². The molecule has 1 N–H and O–H groups in total. The van der Waals surface area contributed by atoms with Crippen molar-refractivity contribution in [3.05, 3.63) is 51.6 Å². The molecule has 0 radical (unpaired) electrons. The lowest BCUT2D eigenvalue weighted by molar-refractivity contribution is -0.144. The second-order valence-electron chi connectivity index (χ2n) is 8.70. The van der Waals surface area contributed by atoms with Gasteiger partial charge < -0.3 is 9.72 Å². The molecule has 0 spiro atoms. The molecule has 1 fully saturated rings. The van der Waals surface area contributed by atoms with Crippen molar-refractivity contribution in [3.8, 4) is 0 Å². The van der Waals surface area contributed by atoms with Crippen molar-refractivity contribution in [2.24, 2.45) is 0 Å². The van der Waals surface area contributed by atoms with E-state index in [0.29, 0.717) is 25.0 Å². The Kier molecular flexibility index (Phi) is 7.17. The van der Waals surface area contributed by atoms with Crippen LogP contribution in [0, 0.1) is 6.92 Å². The molecular formula is C24H32N6O3. The van der Waals surface area contributed by atoms with E-state index < -0.39 is 0 Å². The van der Waals surface area contributed by atoms with Crippen LogP contribution in [0.2, 0.25) is 0 Å². The second-order valence-corrected chi connectivity index (χ2v) is 8.70. The fraction of sp³-hybridized carbons (Fsp3) is 0.542. The Balaban J connectivity index is 1.69. The number of benzene rings is 1. The third-order valence-corrected chi connectivity index (χ3v) is 6.54. The number of nitrogens with zero attached hydrogens (tertiary/aromatic N) is 5. The molecule has 0 bridgehead atoms. The van der Waals surface area contributed by atoms with Crippen molar-refractivity contribution in [1.29, 1.82) is 0 Å². The summed E-state index contributed by atoms with van der Waals surface area (Å²) in [6.45, 7) is 6.64. The van der Waals surface area contributed by atoms with Crippen LogP contribution < -0.4 is 5.56 Å². The zero-order valence-corrected chi connectivity index (χ0v) is 19.6. The topological polar surface area (TPSA) is 106 Å². The number of rotatable bonds is 9. The summed E-state index contributed by atoms with van der Waals surface area (Å²) in [7, 11) is 0. The predicted molar refractivity (Wildman–Crippen MR) is 125 cm³/mol. The Morgan fingerprint density at radius 1 is 1.30 bits per heavy atom. The monoisotopic (exact) mass is 452 g/mol. The number of para-hydroxylation sites is 1. The molecule has 3 aromatic rings. The van der Waals surface area contributed by atoms with Gasteiger partial charge in [-0.1, -0.05) is 38.0 Å². The van der Waals surface area contributed by atoms with Crippen LogP contribution in [0.4, 0.5) is 0 Å². The van der Waals surface area contributed by atoms with E-state index >= 15 is 0 Å². The number of tetrazole rings is 1. The van der Waals surface area contributed by atoms with Crippen LogP contribution in [0.1, 0.15) is 68.9 Å². The third kappa shape index (κ3) is 4.98. The average molecular weight is 453 g/mol. The van der Waals surface area contributed by atoms with Crippen molar-refractivity contribution in [1.82, 2.24) is 30.1 Å². The van der Waals surface area contributed by atoms with Gasteiger partial charge in [0.1, 0.15) is 6.54 Å². The number of carbonyl (C=O) groups is 1. The molecule has 1 aromatic carbocycles. The molecule has 1 aliphatic carbocycles. The van der Waals surface area contributed by atoms with Crippen molar-refractivity contribution >= 4 is 16.9 Å². The van der Waals surface area contributed by atoms with Gasteiger partial charge in [0.05, 0.1) is 18.2 Å². The van der Waals surface area contributed by atoms with Gasteiger partial charge in [0, 0.05) is 18.2 Å². The largest absolute Gasteiger partial charge is 0.465 e. The fourth-order valence-corrected chi connectivity index (χ4v) is 4.93. The number of aromatic nitrogens is 5. The van der Waals surface area contributed by atoms with E-state index in [1.165, 1.54) is 17.5 Å². The number of ether oxygens (including phenoxy) is 1. The Morgan fingerprint density at radius 3 is 2.82 bits per heavy atom. The molecule has 33 heavy (non-hydrogen) atoms. The lowest BCUT2D eigenvalue weighted by Gasteiger charge is -2.35. The van der Waals surface area contributed by atoms with Gasteiger partial charge in [-0.2, -0.15) is 0 Å². The highest BCUT2D eigenvalue weighted by atomic mass is 16.5. The number of pyridine rings is 1. The quantitative estimate of drug-likeness (QED) is 0.497. The standard InChI is InChI=1S/C24H32N6O3/c1-4-20(23-26-27-28-30(23)15-21(31)33-5-2)29(19-11-6-7-12-19)14-18-13-17-10-8-9-16(3)22(17)25-24(18)32/h8-10,13,19-20H,4-7,11-12,14-15H2,1-3H3,(H,25,32). The number of esters is 1. The molecule has 1 unspecified atom stereocenters. The molecule has 0 aliphatic heterocycles.